The molecule has 0 saturated carbocycles. The summed E-state index contributed by atoms with van der Waals surface area (Å²) in [5.41, 5.74) is 0.855. The van der Waals surface area contributed by atoms with Crippen molar-refractivity contribution in [2.45, 2.75) is 65.3 Å². The van der Waals surface area contributed by atoms with Gasteiger partial charge in [0.25, 0.3) is 0 Å². The topological polar surface area (TPSA) is 58.6 Å². The molecule has 1 heterocycles. The van der Waals surface area contributed by atoms with Crippen molar-refractivity contribution in [2.24, 2.45) is 5.41 Å². The van der Waals surface area contributed by atoms with Gasteiger partial charge in [0.1, 0.15) is 11.8 Å². The summed E-state index contributed by atoms with van der Waals surface area (Å²) < 4.78 is 5.21. The molecule has 5 nitrogen and oxygen atoms in total. The Morgan fingerprint density at radius 2 is 1.78 bits per heavy atom. The van der Waals surface area contributed by atoms with E-state index in [2.05, 4.69) is 19.2 Å². The van der Waals surface area contributed by atoms with Crippen LogP contribution in [-0.4, -0.2) is 43.0 Å². The molecule has 150 valence electrons. The van der Waals surface area contributed by atoms with Crippen LogP contribution in [0.15, 0.2) is 24.3 Å². The van der Waals surface area contributed by atoms with E-state index in [1.54, 1.807) is 12.0 Å². The van der Waals surface area contributed by atoms with E-state index in [1.807, 2.05) is 45.0 Å². The highest BCUT2D eigenvalue weighted by molar-refractivity contribution is 5.88. The number of ether oxygens (including phenoxy) is 1. The van der Waals surface area contributed by atoms with Crippen molar-refractivity contribution >= 4 is 11.8 Å². The Labute approximate surface area is 163 Å². The number of hydrogen-bond donors (Lipinski definition) is 1. The van der Waals surface area contributed by atoms with E-state index in [1.165, 1.54) is 0 Å². The number of likely N-dealkylation sites (tertiary alicyclic amines) is 1. The molecule has 1 aromatic rings. The molecule has 2 amide bonds. The highest BCUT2D eigenvalue weighted by Gasteiger charge is 2.35. The van der Waals surface area contributed by atoms with Gasteiger partial charge in [-0.25, -0.2) is 0 Å². The van der Waals surface area contributed by atoms with Crippen molar-refractivity contribution in [2.75, 3.05) is 20.2 Å². The molecule has 0 radical (unpaired) electrons. The molecule has 0 bridgehead atoms. The molecule has 1 saturated heterocycles. The standard InChI is InChI=1S/C22H34N2O3/c1-21(2,3)14-19(25)24-13-7-8-18(24)20(26)23-15-22(4,5)16-9-11-17(27-6)12-10-16/h9-12,18H,7-8,13-15H2,1-6H3,(H,23,26)/t18-/m0/s1. The molecule has 27 heavy (non-hydrogen) atoms. The van der Waals surface area contributed by atoms with Gasteiger partial charge in [-0.05, 0) is 36.0 Å². The van der Waals surface area contributed by atoms with E-state index in [9.17, 15) is 9.59 Å². The van der Waals surface area contributed by atoms with Gasteiger partial charge in [-0.15, -0.1) is 0 Å². The maximum atomic E-state index is 12.8. The third-order valence-electron chi connectivity index (χ3n) is 5.13. The van der Waals surface area contributed by atoms with Crippen molar-refractivity contribution in [3.63, 3.8) is 0 Å². The lowest BCUT2D eigenvalue weighted by Crippen LogP contribution is -2.49. The van der Waals surface area contributed by atoms with E-state index in [0.717, 1.165) is 24.2 Å². The second kappa shape index (κ2) is 8.32. The molecule has 0 spiro atoms. The Bertz CT molecular complexity index is 659. The first-order valence-corrected chi connectivity index (χ1v) is 9.75. The van der Waals surface area contributed by atoms with Gasteiger partial charge in [-0.3, -0.25) is 9.59 Å². The molecule has 1 atom stereocenters. The minimum atomic E-state index is -0.341. The van der Waals surface area contributed by atoms with Gasteiger partial charge in [0.05, 0.1) is 7.11 Å². The number of nitrogens with zero attached hydrogens (tertiary/aromatic N) is 1. The summed E-state index contributed by atoms with van der Waals surface area (Å²) >= 11 is 0. The molecule has 5 heteroatoms. The van der Waals surface area contributed by atoms with Gasteiger partial charge in [-0.1, -0.05) is 46.8 Å². The number of carbonyl (C=O) groups is 2. The third-order valence-corrected chi connectivity index (χ3v) is 5.13. The maximum Gasteiger partial charge on any atom is 0.242 e. The van der Waals surface area contributed by atoms with E-state index in [-0.39, 0.29) is 28.7 Å². The Morgan fingerprint density at radius 1 is 1.15 bits per heavy atom. The monoisotopic (exact) mass is 374 g/mol. The average molecular weight is 375 g/mol. The van der Waals surface area contributed by atoms with Crippen LogP contribution in [0.1, 0.15) is 59.4 Å². The van der Waals surface area contributed by atoms with Crippen LogP contribution < -0.4 is 10.1 Å². The largest absolute Gasteiger partial charge is 0.497 e. The van der Waals surface area contributed by atoms with Gasteiger partial charge in [0, 0.05) is 24.9 Å². The van der Waals surface area contributed by atoms with E-state index < -0.39 is 0 Å². The van der Waals surface area contributed by atoms with Crippen LogP contribution in [0.5, 0.6) is 5.75 Å². The number of benzene rings is 1. The first kappa shape index (κ1) is 21.3. The maximum absolute atomic E-state index is 12.8. The predicted octanol–water partition coefficient (Wildman–Crippen LogP) is 3.52. The fourth-order valence-electron chi connectivity index (χ4n) is 3.46. The van der Waals surface area contributed by atoms with Crippen molar-refractivity contribution in [3.8, 4) is 5.75 Å². The lowest BCUT2D eigenvalue weighted by atomic mass is 9.84. The van der Waals surface area contributed by atoms with Gasteiger partial charge in [0.2, 0.25) is 11.8 Å². The number of hydrogen-bond acceptors (Lipinski definition) is 3. The molecular weight excluding hydrogens is 340 g/mol. The minimum Gasteiger partial charge on any atom is -0.497 e. The van der Waals surface area contributed by atoms with Crippen molar-refractivity contribution in [1.29, 1.82) is 0 Å². The van der Waals surface area contributed by atoms with Crippen LogP contribution in [0.25, 0.3) is 0 Å². The van der Waals surface area contributed by atoms with Gasteiger partial charge < -0.3 is 15.0 Å². The third kappa shape index (κ3) is 5.72. The fraction of sp³-hybridized carbons (Fsp3) is 0.636. The first-order valence-electron chi connectivity index (χ1n) is 9.75. The molecule has 1 aliphatic heterocycles. The van der Waals surface area contributed by atoms with Crippen LogP contribution in [-0.2, 0) is 15.0 Å². The van der Waals surface area contributed by atoms with Gasteiger partial charge >= 0.3 is 0 Å². The summed E-state index contributed by atoms with van der Waals surface area (Å²) in [5, 5.41) is 3.08. The van der Waals surface area contributed by atoms with Crippen molar-refractivity contribution in [3.05, 3.63) is 29.8 Å². The van der Waals surface area contributed by atoms with Gasteiger partial charge in [0.15, 0.2) is 0 Å². The van der Waals surface area contributed by atoms with Crippen LogP contribution in [0.3, 0.4) is 0 Å². The second-order valence-corrected chi connectivity index (χ2v) is 9.31. The molecule has 0 unspecified atom stereocenters. The van der Waals surface area contributed by atoms with Crippen LogP contribution in [0.4, 0.5) is 0 Å². The highest BCUT2D eigenvalue weighted by Crippen LogP contribution is 2.27. The summed E-state index contributed by atoms with van der Waals surface area (Å²) in [4.78, 5) is 27.1. The molecule has 0 aromatic heterocycles. The lowest BCUT2D eigenvalue weighted by molar-refractivity contribution is -0.139. The summed E-state index contributed by atoms with van der Waals surface area (Å²) in [6.07, 6.45) is 2.09. The first-order chi connectivity index (χ1) is 12.5. The number of rotatable bonds is 6. The zero-order valence-electron chi connectivity index (χ0n) is 17.6. The quantitative estimate of drug-likeness (QED) is 0.829. The molecular formula is C22H34N2O3. The summed E-state index contributed by atoms with van der Waals surface area (Å²) in [6.45, 7) is 11.6. The lowest BCUT2D eigenvalue weighted by Gasteiger charge is -2.30. The molecule has 1 N–H and O–H groups in total. The van der Waals surface area contributed by atoms with Crippen molar-refractivity contribution < 1.29 is 14.3 Å². The Morgan fingerprint density at radius 3 is 2.33 bits per heavy atom. The van der Waals surface area contributed by atoms with Crippen molar-refractivity contribution in [1.82, 2.24) is 10.2 Å². The average Bonchev–Trinajstić information content (AvgIpc) is 3.08. The minimum absolute atomic E-state index is 0.0451. The predicted molar refractivity (Wildman–Crippen MR) is 108 cm³/mol. The Hall–Kier alpha value is -2.04. The van der Waals surface area contributed by atoms with Crippen LogP contribution in [0.2, 0.25) is 0 Å². The molecule has 1 aliphatic rings. The highest BCUT2D eigenvalue weighted by atomic mass is 16.5. The normalized spacial score (nSPS) is 17.7. The zero-order chi connectivity index (χ0) is 20.2. The Kier molecular flexibility index (Phi) is 6.55. The Balaban J connectivity index is 1.97. The van der Waals surface area contributed by atoms with E-state index in [4.69, 9.17) is 4.74 Å². The van der Waals surface area contributed by atoms with Gasteiger partial charge in [-0.2, -0.15) is 0 Å². The van der Waals surface area contributed by atoms with Crippen LogP contribution in [0, 0.1) is 5.41 Å². The number of methoxy groups -OCH3 is 1. The second-order valence-electron chi connectivity index (χ2n) is 9.31. The summed E-state index contributed by atoms with van der Waals surface area (Å²) in [7, 11) is 1.65. The zero-order valence-corrected chi connectivity index (χ0v) is 17.6. The summed E-state index contributed by atoms with van der Waals surface area (Å²) in [5.74, 6) is 0.850. The summed E-state index contributed by atoms with van der Waals surface area (Å²) in [6, 6.07) is 7.58. The molecule has 0 aliphatic carbocycles. The molecule has 1 fully saturated rings. The fourth-order valence-corrected chi connectivity index (χ4v) is 3.46. The molecule has 1 aromatic carbocycles. The van der Waals surface area contributed by atoms with Crippen LogP contribution >= 0.6 is 0 Å². The smallest absolute Gasteiger partial charge is 0.242 e. The van der Waals surface area contributed by atoms with E-state index >= 15 is 0 Å². The molecule has 2 rings (SSSR count). The SMILES string of the molecule is COc1ccc(C(C)(C)CNC(=O)[C@@H]2CCCN2C(=O)CC(C)(C)C)cc1. The number of amides is 2. The number of carbonyl (C=O) groups excluding carboxylic acids is 2. The van der Waals surface area contributed by atoms with E-state index in [0.29, 0.717) is 19.5 Å². The number of nitrogens with one attached hydrogen (secondary N) is 1.